The molecule has 0 aromatic carbocycles. The Bertz CT molecular complexity index is 214. The summed E-state index contributed by atoms with van der Waals surface area (Å²) >= 11 is 0. The summed E-state index contributed by atoms with van der Waals surface area (Å²) in [6.45, 7) is 7.99. The second-order valence-electron chi connectivity index (χ2n) is 3.21. The molecule has 0 aliphatic heterocycles. The lowest BCUT2D eigenvalue weighted by Crippen LogP contribution is -2.32. The van der Waals surface area contributed by atoms with Crippen LogP contribution in [0, 0.1) is 23.2 Å². The summed E-state index contributed by atoms with van der Waals surface area (Å²) in [7, 11) is 0. The van der Waals surface area contributed by atoms with E-state index in [1.165, 1.54) is 0 Å². The van der Waals surface area contributed by atoms with Gasteiger partial charge in [-0.25, -0.2) is 0 Å². The molecule has 0 rings (SSSR count). The van der Waals surface area contributed by atoms with Crippen LogP contribution < -0.4 is 0 Å². The second-order valence-corrected chi connectivity index (χ2v) is 3.21. The Labute approximate surface area is 81.5 Å². The largest absolute Gasteiger partial charge is 0.299 e. The lowest BCUT2D eigenvalue weighted by molar-refractivity contribution is 0.232. The smallest absolute Gasteiger partial charge is 0.0635 e. The van der Waals surface area contributed by atoms with Crippen molar-refractivity contribution < 1.29 is 0 Å². The lowest BCUT2D eigenvalue weighted by Gasteiger charge is -2.24. The van der Waals surface area contributed by atoms with Gasteiger partial charge in [0, 0.05) is 32.0 Å². The highest BCUT2D eigenvalue weighted by Gasteiger charge is 2.06. The summed E-state index contributed by atoms with van der Waals surface area (Å²) in [4.78, 5) is 2.29. The van der Waals surface area contributed by atoms with Gasteiger partial charge in [-0.3, -0.25) is 4.90 Å². The summed E-state index contributed by atoms with van der Waals surface area (Å²) in [6.07, 6.45) is 1.51. The summed E-state index contributed by atoms with van der Waals surface area (Å²) in [5.41, 5.74) is 0. The third-order valence-corrected chi connectivity index (χ3v) is 1.94. The average Bonchev–Trinajstić information content (AvgIpc) is 2.10. The molecule has 0 heterocycles. The van der Waals surface area contributed by atoms with Crippen LogP contribution in [0.4, 0.5) is 0 Å². The van der Waals surface area contributed by atoms with E-state index in [4.69, 9.17) is 5.26 Å². The maximum atomic E-state index is 8.46. The van der Waals surface area contributed by atoms with E-state index in [9.17, 15) is 0 Å². The summed E-state index contributed by atoms with van der Waals surface area (Å²) in [5.74, 6) is 5.91. The molecule has 0 saturated heterocycles. The highest BCUT2D eigenvalue weighted by atomic mass is 15.1. The Morgan fingerprint density at radius 3 is 2.31 bits per heavy atom. The monoisotopic (exact) mass is 178 g/mol. The molecule has 0 N–H and O–H groups in total. The average molecular weight is 178 g/mol. The zero-order valence-corrected chi connectivity index (χ0v) is 8.80. The molecular formula is C11H18N2. The van der Waals surface area contributed by atoms with E-state index in [2.05, 4.69) is 36.7 Å². The zero-order chi connectivity index (χ0) is 10.1. The first kappa shape index (κ1) is 12.0. The van der Waals surface area contributed by atoms with E-state index in [0.717, 1.165) is 19.5 Å². The Balaban J connectivity index is 3.79. The predicted octanol–water partition coefficient (Wildman–Crippen LogP) is 2.02. The molecule has 2 nitrogen and oxygen atoms in total. The van der Waals surface area contributed by atoms with Crippen molar-refractivity contribution in [1.29, 1.82) is 5.26 Å². The molecule has 0 fully saturated rings. The molecule has 13 heavy (non-hydrogen) atoms. The first-order chi connectivity index (χ1) is 6.22. The molecule has 0 bridgehead atoms. The van der Waals surface area contributed by atoms with Crippen LogP contribution in [0.25, 0.3) is 0 Å². The Morgan fingerprint density at radius 1 is 1.23 bits per heavy atom. The maximum absolute atomic E-state index is 8.46. The molecule has 0 aliphatic carbocycles. The van der Waals surface area contributed by atoms with E-state index >= 15 is 0 Å². The van der Waals surface area contributed by atoms with Crippen LogP contribution in [0.1, 0.15) is 33.6 Å². The third kappa shape index (κ3) is 6.20. The van der Waals surface area contributed by atoms with Gasteiger partial charge < -0.3 is 0 Å². The Hall–Kier alpha value is -0.990. The van der Waals surface area contributed by atoms with Gasteiger partial charge in [0.1, 0.15) is 0 Å². The third-order valence-electron chi connectivity index (χ3n) is 1.94. The molecule has 0 unspecified atom stereocenters. The van der Waals surface area contributed by atoms with Crippen molar-refractivity contribution in [1.82, 2.24) is 4.90 Å². The Kier molecular flexibility index (Phi) is 7.07. The summed E-state index contributed by atoms with van der Waals surface area (Å²) < 4.78 is 0. The fourth-order valence-corrected chi connectivity index (χ4v) is 1.15. The van der Waals surface area contributed by atoms with Gasteiger partial charge in [0.05, 0.1) is 6.07 Å². The topological polar surface area (TPSA) is 27.0 Å². The van der Waals surface area contributed by atoms with Gasteiger partial charge in [0.2, 0.25) is 0 Å². The minimum Gasteiger partial charge on any atom is -0.299 e. The second kappa shape index (κ2) is 7.65. The van der Waals surface area contributed by atoms with Crippen LogP contribution in [0.5, 0.6) is 0 Å². The van der Waals surface area contributed by atoms with Crippen LogP contribution in [-0.2, 0) is 0 Å². The van der Waals surface area contributed by atoms with Crippen LogP contribution in [0.2, 0.25) is 0 Å². The van der Waals surface area contributed by atoms with Crippen molar-refractivity contribution in [3.63, 3.8) is 0 Å². The molecule has 0 amide bonds. The van der Waals surface area contributed by atoms with Gasteiger partial charge >= 0.3 is 0 Å². The van der Waals surface area contributed by atoms with Crippen molar-refractivity contribution in [2.75, 3.05) is 13.1 Å². The molecule has 72 valence electrons. The van der Waals surface area contributed by atoms with Gasteiger partial charge in [-0.15, -0.1) is 11.8 Å². The number of hydrogen-bond donors (Lipinski definition) is 0. The van der Waals surface area contributed by atoms with Crippen LogP contribution in [0.15, 0.2) is 0 Å². The van der Waals surface area contributed by atoms with Gasteiger partial charge in [0.15, 0.2) is 0 Å². The van der Waals surface area contributed by atoms with Crippen LogP contribution in [-0.4, -0.2) is 24.0 Å². The molecule has 0 saturated carbocycles. The highest BCUT2D eigenvalue weighted by Crippen LogP contribution is 2.00. The standard InChI is InChI=1S/C11H18N2/c1-4-5-6-9-13(11(2)3)10-7-8-12/h11H,6-7,9-10H2,1-3H3. The number of nitriles is 1. The number of rotatable bonds is 5. The SMILES string of the molecule is CC#CCCN(CCC#N)C(C)C. The lowest BCUT2D eigenvalue weighted by atomic mass is 10.2. The van der Waals surface area contributed by atoms with Crippen molar-refractivity contribution >= 4 is 0 Å². The van der Waals surface area contributed by atoms with E-state index < -0.39 is 0 Å². The molecule has 0 aliphatic rings. The van der Waals surface area contributed by atoms with E-state index in [-0.39, 0.29) is 0 Å². The van der Waals surface area contributed by atoms with Gasteiger partial charge in [0.25, 0.3) is 0 Å². The molecule has 0 spiro atoms. The zero-order valence-electron chi connectivity index (χ0n) is 8.80. The fraction of sp³-hybridized carbons (Fsp3) is 0.727. The molecular weight excluding hydrogens is 160 g/mol. The molecule has 2 heteroatoms. The van der Waals surface area contributed by atoms with Gasteiger partial charge in [-0.2, -0.15) is 5.26 Å². The maximum Gasteiger partial charge on any atom is 0.0635 e. The Morgan fingerprint density at radius 2 is 1.85 bits per heavy atom. The quantitative estimate of drug-likeness (QED) is 0.602. The highest BCUT2D eigenvalue weighted by molar-refractivity contribution is 4.95. The van der Waals surface area contributed by atoms with E-state index in [0.29, 0.717) is 12.5 Å². The van der Waals surface area contributed by atoms with Crippen molar-refractivity contribution in [2.24, 2.45) is 0 Å². The molecule has 0 atom stereocenters. The van der Waals surface area contributed by atoms with Crippen LogP contribution in [0.3, 0.4) is 0 Å². The molecule has 0 aromatic rings. The van der Waals surface area contributed by atoms with Crippen molar-refractivity contribution in [3.05, 3.63) is 0 Å². The first-order valence-electron chi connectivity index (χ1n) is 4.73. The van der Waals surface area contributed by atoms with E-state index in [1.54, 1.807) is 0 Å². The van der Waals surface area contributed by atoms with Gasteiger partial charge in [-0.1, -0.05) is 0 Å². The summed E-state index contributed by atoms with van der Waals surface area (Å²) in [6, 6.07) is 2.67. The molecule has 0 aromatic heterocycles. The van der Waals surface area contributed by atoms with Crippen molar-refractivity contribution in [3.8, 4) is 17.9 Å². The number of nitrogens with zero attached hydrogens (tertiary/aromatic N) is 2. The predicted molar refractivity (Wildman–Crippen MR) is 55.0 cm³/mol. The minimum atomic E-state index is 0.506. The van der Waals surface area contributed by atoms with Crippen LogP contribution >= 0.6 is 0 Å². The molecule has 0 radical (unpaired) electrons. The minimum absolute atomic E-state index is 0.506. The normalized spacial score (nSPS) is 9.54. The summed E-state index contributed by atoms with van der Waals surface area (Å²) in [5, 5.41) is 8.46. The van der Waals surface area contributed by atoms with Gasteiger partial charge in [-0.05, 0) is 20.8 Å². The first-order valence-corrected chi connectivity index (χ1v) is 4.73. The number of hydrogen-bond acceptors (Lipinski definition) is 2. The van der Waals surface area contributed by atoms with Crippen molar-refractivity contribution in [2.45, 2.75) is 39.7 Å². The van der Waals surface area contributed by atoms with E-state index in [1.807, 2.05) is 6.92 Å². The fourth-order valence-electron chi connectivity index (χ4n) is 1.15.